The van der Waals surface area contributed by atoms with Gasteiger partial charge in [-0.2, -0.15) is 0 Å². The quantitative estimate of drug-likeness (QED) is 0.878. The van der Waals surface area contributed by atoms with Crippen LogP contribution in [0.1, 0.15) is 13.8 Å². The van der Waals surface area contributed by atoms with Crippen LogP contribution in [-0.2, 0) is 0 Å². The van der Waals surface area contributed by atoms with Gasteiger partial charge in [0.1, 0.15) is 5.75 Å². The van der Waals surface area contributed by atoms with E-state index in [1.54, 1.807) is 7.11 Å². The Morgan fingerprint density at radius 2 is 2.18 bits per heavy atom. The molecule has 2 rings (SSSR count). The Kier molecular flexibility index (Phi) is 3.79. The molecule has 1 aliphatic rings. The Labute approximate surface area is 108 Å². The highest BCUT2D eigenvalue weighted by Gasteiger charge is 2.24. The fourth-order valence-electron chi connectivity index (χ4n) is 2.25. The highest BCUT2D eigenvalue weighted by Crippen LogP contribution is 2.31. The molecule has 1 N–H and O–H groups in total. The van der Waals surface area contributed by atoms with E-state index >= 15 is 0 Å². The van der Waals surface area contributed by atoms with Crippen molar-refractivity contribution < 1.29 is 4.74 Å². The van der Waals surface area contributed by atoms with Gasteiger partial charge in [-0.1, -0.05) is 11.6 Å². The SMILES string of the molecule is COc1cc(N2CCN[C@H](C)[C@@H]2C)ccc1Cl. The van der Waals surface area contributed by atoms with Gasteiger partial charge in [0.15, 0.2) is 0 Å². The zero-order valence-electron chi connectivity index (χ0n) is 10.5. The number of ether oxygens (including phenoxy) is 1. The Balaban J connectivity index is 2.27. The maximum Gasteiger partial charge on any atom is 0.139 e. The van der Waals surface area contributed by atoms with Gasteiger partial charge in [-0.15, -0.1) is 0 Å². The molecule has 1 heterocycles. The Morgan fingerprint density at radius 3 is 2.88 bits per heavy atom. The molecule has 0 saturated carbocycles. The van der Waals surface area contributed by atoms with Gasteiger partial charge in [-0.25, -0.2) is 0 Å². The lowest BCUT2D eigenvalue weighted by Crippen LogP contribution is -2.55. The summed E-state index contributed by atoms with van der Waals surface area (Å²) in [7, 11) is 1.65. The third-order valence-corrected chi connectivity index (χ3v) is 3.81. The summed E-state index contributed by atoms with van der Waals surface area (Å²) in [6.07, 6.45) is 0. The molecule has 3 nitrogen and oxygen atoms in total. The minimum atomic E-state index is 0.467. The highest BCUT2D eigenvalue weighted by molar-refractivity contribution is 6.32. The molecule has 0 spiro atoms. The molecule has 0 unspecified atom stereocenters. The third kappa shape index (κ3) is 2.50. The average Bonchev–Trinajstić information content (AvgIpc) is 2.34. The van der Waals surface area contributed by atoms with Crippen molar-refractivity contribution in [2.24, 2.45) is 0 Å². The van der Waals surface area contributed by atoms with Gasteiger partial charge in [0, 0.05) is 36.9 Å². The van der Waals surface area contributed by atoms with Gasteiger partial charge in [-0.05, 0) is 26.0 Å². The summed E-state index contributed by atoms with van der Waals surface area (Å²) in [4.78, 5) is 2.39. The Hall–Kier alpha value is -0.930. The molecule has 0 aromatic heterocycles. The zero-order valence-corrected chi connectivity index (χ0v) is 11.3. The van der Waals surface area contributed by atoms with Gasteiger partial charge in [0.25, 0.3) is 0 Å². The molecule has 4 heteroatoms. The van der Waals surface area contributed by atoms with E-state index in [2.05, 4.69) is 30.1 Å². The third-order valence-electron chi connectivity index (χ3n) is 3.50. The van der Waals surface area contributed by atoms with Crippen molar-refractivity contribution in [2.45, 2.75) is 25.9 Å². The van der Waals surface area contributed by atoms with E-state index in [9.17, 15) is 0 Å². The smallest absolute Gasteiger partial charge is 0.139 e. The summed E-state index contributed by atoms with van der Waals surface area (Å²) >= 11 is 6.04. The van der Waals surface area contributed by atoms with Crippen LogP contribution in [0.3, 0.4) is 0 Å². The topological polar surface area (TPSA) is 24.5 Å². The average molecular weight is 255 g/mol. The summed E-state index contributed by atoms with van der Waals surface area (Å²) < 4.78 is 5.26. The maximum atomic E-state index is 6.04. The summed E-state index contributed by atoms with van der Waals surface area (Å²) in [6.45, 7) is 6.47. The van der Waals surface area contributed by atoms with Gasteiger partial charge in [-0.3, -0.25) is 0 Å². The molecule has 94 valence electrons. The van der Waals surface area contributed by atoms with Crippen LogP contribution < -0.4 is 15.0 Å². The zero-order chi connectivity index (χ0) is 12.4. The lowest BCUT2D eigenvalue weighted by molar-refractivity contribution is 0.400. The summed E-state index contributed by atoms with van der Waals surface area (Å²) in [5.41, 5.74) is 1.17. The van der Waals surface area contributed by atoms with Crippen LogP contribution in [0.25, 0.3) is 0 Å². The number of hydrogen-bond acceptors (Lipinski definition) is 3. The first kappa shape index (κ1) is 12.5. The van der Waals surface area contributed by atoms with E-state index in [4.69, 9.17) is 16.3 Å². The molecule has 17 heavy (non-hydrogen) atoms. The Morgan fingerprint density at radius 1 is 1.41 bits per heavy atom. The molecule has 0 amide bonds. The minimum Gasteiger partial charge on any atom is -0.495 e. The molecule has 2 atom stereocenters. The van der Waals surface area contributed by atoms with Crippen molar-refractivity contribution >= 4 is 17.3 Å². The highest BCUT2D eigenvalue weighted by atomic mass is 35.5. The maximum absolute atomic E-state index is 6.04. The van der Waals surface area contributed by atoms with Gasteiger partial charge < -0.3 is 15.0 Å². The molecular formula is C13H19ClN2O. The standard InChI is InChI=1S/C13H19ClN2O/c1-9-10(2)16(7-6-15-9)11-4-5-12(14)13(8-11)17-3/h4-5,8-10,15H,6-7H2,1-3H3/t9-,10+/m1/s1. The van der Waals surface area contributed by atoms with Crippen LogP contribution in [0.5, 0.6) is 5.75 Å². The molecule has 0 radical (unpaired) electrons. The van der Waals surface area contributed by atoms with Crippen molar-refractivity contribution in [2.75, 3.05) is 25.1 Å². The lowest BCUT2D eigenvalue weighted by Gasteiger charge is -2.40. The fraction of sp³-hybridized carbons (Fsp3) is 0.538. The van der Waals surface area contributed by atoms with Gasteiger partial charge >= 0.3 is 0 Å². The lowest BCUT2D eigenvalue weighted by atomic mass is 10.1. The number of nitrogens with zero attached hydrogens (tertiary/aromatic N) is 1. The molecule has 1 aliphatic heterocycles. The predicted octanol–water partition coefficient (Wildman–Crippen LogP) is 2.54. The van der Waals surface area contributed by atoms with Crippen molar-refractivity contribution in [3.8, 4) is 5.75 Å². The van der Waals surface area contributed by atoms with Crippen LogP contribution >= 0.6 is 11.6 Å². The number of rotatable bonds is 2. The van der Waals surface area contributed by atoms with Crippen LogP contribution in [0, 0.1) is 0 Å². The van der Waals surface area contributed by atoms with Crippen molar-refractivity contribution in [3.63, 3.8) is 0 Å². The molecule has 1 aromatic carbocycles. The largest absolute Gasteiger partial charge is 0.495 e. The van der Waals surface area contributed by atoms with Crippen LogP contribution in [0.15, 0.2) is 18.2 Å². The number of halogens is 1. The molecular weight excluding hydrogens is 236 g/mol. The number of anilines is 1. The van der Waals surface area contributed by atoms with Gasteiger partial charge in [0.05, 0.1) is 12.1 Å². The first-order valence-electron chi connectivity index (χ1n) is 5.97. The number of hydrogen-bond donors (Lipinski definition) is 1. The number of piperazine rings is 1. The second-order valence-electron chi connectivity index (χ2n) is 4.50. The van der Waals surface area contributed by atoms with E-state index < -0.39 is 0 Å². The van der Waals surface area contributed by atoms with E-state index in [-0.39, 0.29) is 0 Å². The van der Waals surface area contributed by atoms with Gasteiger partial charge in [0.2, 0.25) is 0 Å². The van der Waals surface area contributed by atoms with Crippen molar-refractivity contribution in [1.29, 1.82) is 0 Å². The molecule has 1 saturated heterocycles. The Bertz CT molecular complexity index is 397. The van der Waals surface area contributed by atoms with Crippen LogP contribution in [0.4, 0.5) is 5.69 Å². The van der Waals surface area contributed by atoms with Crippen molar-refractivity contribution in [3.05, 3.63) is 23.2 Å². The monoisotopic (exact) mass is 254 g/mol. The number of benzene rings is 1. The van der Waals surface area contributed by atoms with E-state index in [1.807, 2.05) is 12.1 Å². The summed E-state index contributed by atoms with van der Waals surface area (Å²) in [5, 5.41) is 4.13. The minimum absolute atomic E-state index is 0.467. The predicted molar refractivity (Wildman–Crippen MR) is 72.3 cm³/mol. The second kappa shape index (κ2) is 5.15. The summed E-state index contributed by atoms with van der Waals surface area (Å²) in [6, 6.07) is 6.92. The fourth-order valence-corrected chi connectivity index (χ4v) is 2.44. The summed E-state index contributed by atoms with van der Waals surface area (Å²) in [5.74, 6) is 0.738. The molecule has 0 aliphatic carbocycles. The van der Waals surface area contributed by atoms with Crippen LogP contribution in [0.2, 0.25) is 5.02 Å². The van der Waals surface area contributed by atoms with E-state index in [0.29, 0.717) is 17.1 Å². The normalized spacial score (nSPS) is 24.8. The van der Waals surface area contributed by atoms with E-state index in [1.165, 1.54) is 5.69 Å². The van der Waals surface area contributed by atoms with E-state index in [0.717, 1.165) is 18.8 Å². The first-order valence-corrected chi connectivity index (χ1v) is 6.35. The first-order chi connectivity index (χ1) is 8.13. The molecule has 1 aromatic rings. The second-order valence-corrected chi connectivity index (χ2v) is 4.90. The van der Waals surface area contributed by atoms with Crippen LogP contribution in [-0.4, -0.2) is 32.3 Å². The molecule has 0 bridgehead atoms. The molecule has 1 fully saturated rings. The number of methoxy groups -OCH3 is 1. The number of nitrogens with one attached hydrogen (secondary N) is 1. The van der Waals surface area contributed by atoms with Crippen molar-refractivity contribution in [1.82, 2.24) is 5.32 Å².